The summed E-state index contributed by atoms with van der Waals surface area (Å²) < 4.78 is 5.99. The highest BCUT2D eigenvalue weighted by Gasteiger charge is 2.16. The lowest BCUT2D eigenvalue weighted by Gasteiger charge is -2.21. The van der Waals surface area contributed by atoms with Crippen molar-refractivity contribution in [1.82, 2.24) is 10.3 Å². The smallest absolute Gasteiger partial charge is 0.407 e. The first-order valence-electron chi connectivity index (χ1n) is 6.54. The second-order valence-corrected chi connectivity index (χ2v) is 6.51. The molecule has 0 aliphatic rings. The molecule has 0 saturated carbocycles. The molecule has 1 heterocycles. The van der Waals surface area contributed by atoms with E-state index in [0.29, 0.717) is 6.54 Å². The molecule has 2 N–H and O–H groups in total. The Labute approximate surface area is 128 Å². The number of nitrogens with zero attached hydrogens (tertiary/aromatic N) is 1. The van der Waals surface area contributed by atoms with Gasteiger partial charge in [0.2, 0.25) is 0 Å². The van der Waals surface area contributed by atoms with Crippen molar-refractivity contribution in [1.29, 1.82) is 0 Å². The lowest BCUT2D eigenvalue weighted by molar-refractivity contribution is 0.0526. The van der Waals surface area contributed by atoms with E-state index in [1.807, 2.05) is 46.8 Å². The summed E-state index contributed by atoms with van der Waals surface area (Å²) in [5.41, 5.74) is 1.38. The van der Waals surface area contributed by atoms with Gasteiger partial charge in [-0.25, -0.2) is 9.78 Å². The molecule has 0 aromatic carbocycles. The van der Waals surface area contributed by atoms with Crippen LogP contribution in [0.1, 0.15) is 33.4 Å². The number of halogens is 1. The lowest BCUT2D eigenvalue weighted by atomic mass is 10.2. The van der Waals surface area contributed by atoms with E-state index in [1.54, 1.807) is 0 Å². The molecule has 0 spiro atoms. The minimum absolute atomic E-state index is 0.0733. The monoisotopic (exact) mass is 343 g/mol. The predicted molar refractivity (Wildman–Crippen MR) is 84.0 cm³/mol. The molecule has 1 aromatic rings. The summed E-state index contributed by atoms with van der Waals surface area (Å²) in [5, 5.41) is 6.04. The number of anilines is 1. The molecular formula is C14H22BrN3O2. The van der Waals surface area contributed by atoms with Crippen LogP contribution in [0.25, 0.3) is 0 Å². The number of aryl methyl sites for hydroxylation is 1. The van der Waals surface area contributed by atoms with Crippen LogP contribution in [0.5, 0.6) is 0 Å². The van der Waals surface area contributed by atoms with Crippen LogP contribution in [0.2, 0.25) is 0 Å². The molecule has 5 nitrogen and oxygen atoms in total. The number of alkyl carbamates (subject to hydrolysis) is 1. The van der Waals surface area contributed by atoms with Gasteiger partial charge in [-0.15, -0.1) is 0 Å². The molecule has 20 heavy (non-hydrogen) atoms. The zero-order valence-corrected chi connectivity index (χ0v) is 14.2. The number of rotatable bonds is 4. The summed E-state index contributed by atoms with van der Waals surface area (Å²) in [5.74, 6) is 0. The summed E-state index contributed by atoms with van der Waals surface area (Å²) in [6.07, 6.45) is -0.406. The molecule has 1 rings (SSSR count). The zero-order valence-electron chi connectivity index (χ0n) is 12.6. The Hall–Kier alpha value is -1.30. The third-order valence-electron chi connectivity index (χ3n) is 2.41. The lowest BCUT2D eigenvalue weighted by Crippen LogP contribution is -2.38. The summed E-state index contributed by atoms with van der Waals surface area (Å²) in [7, 11) is 0. The van der Waals surface area contributed by atoms with Gasteiger partial charge in [-0.05, 0) is 62.7 Å². The van der Waals surface area contributed by atoms with Gasteiger partial charge in [0.15, 0.2) is 0 Å². The van der Waals surface area contributed by atoms with Gasteiger partial charge in [0.1, 0.15) is 10.2 Å². The second kappa shape index (κ2) is 6.92. The molecular weight excluding hydrogens is 322 g/mol. The van der Waals surface area contributed by atoms with Crippen LogP contribution in [-0.4, -0.2) is 29.3 Å². The van der Waals surface area contributed by atoms with Crippen molar-refractivity contribution in [3.05, 3.63) is 22.4 Å². The van der Waals surface area contributed by atoms with Crippen molar-refractivity contribution in [3.63, 3.8) is 0 Å². The Morgan fingerprint density at radius 3 is 2.65 bits per heavy atom. The molecule has 0 fully saturated rings. The van der Waals surface area contributed by atoms with Gasteiger partial charge < -0.3 is 15.4 Å². The number of amides is 1. The maximum absolute atomic E-state index is 11.5. The van der Waals surface area contributed by atoms with Crippen molar-refractivity contribution >= 4 is 27.7 Å². The average molecular weight is 344 g/mol. The molecule has 0 radical (unpaired) electrons. The van der Waals surface area contributed by atoms with Crippen LogP contribution >= 0.6 is 15.9 Å². The van der Waals surface area contributed by atoms with Crippen LogP contribution in [-0.2, 0) is 4.74 Å². The predicted octanol–water partition coefficient (Wildman–Crippen LogP) is 3.48. The minimum atomic E-state index is -0.479. The quantitative estimate of drug-likeness (QED) is 0.821. The van der Waals surface area contributed by atoms with Crippen LogP contribution in [0.4, 0.5) is 10.5 Å². The number of hydrogen-bond acceptors (Lipinski definition) is 4. The summed E-state index contributed by atoms with van der Waals surface area (Å²) >= 11 is 3.33. The first-order valence-corrected chi connectivity index (χ1v) is 7.33. The van der Waals surface area contributed by atoms with E-state index >= 15 is 0 Å². The third-order valence-corrected chi connectivity index (χ3v) is 2.85. The molecule has 0 aliphatic carbocycles. The van der Waals surface area contributed by atoms with Gasteiger partial charge in [-0.1, -0.05) is 0 Å². The third kappa shape index (κ3) is 6.23. The Kier molecular flexibility index (Phi) is 5.80. The van der Waals surface area contributed by atoms with E-state index in [1.165, 1.54) is 0 Å². The molecule has 1 amide bonds. The molecule has 0 saturated heterocycles. The van der Waals surface area contributed by atoms with E-state index in [-0.39, 0.29) is 6.04 Å². The normalized spacial score (nSPS) is 12.7. The van der Waals surface area contributed by atoms with Gasteiger partial charge in [0, 0.05) is 12.6 Å². The number of aromatic nitrogens is 1. The largest absolute Gasteiger partial charge is 0.444 e. The average Bonchev–Trinajstić information content (AvgIpc) is 2.28. The Bertz CT molecular complexity index is 472. The van der Waals surface area contributed by atoms with E-state index in [0.717, 1.165) is 16.0 Å². The van der Waals surface area contributed by atoms with Gasteiger partial charge in [0.25, 0.3) is 0 Å². The SMILES string of the molecule is Cc1nc(Br)ccc1NC(C)CNC(=O)OC(C)(C)C. The number of pyridine rings is 1. The minimum Gasteiger partial charge on any atom is -0.444 e. The molecule has 0 aliphatic heterocycles. The molecule has 112 valence electrons. The topological polar surface area (TPSA) is 63.2 Å². The fourth-order valence-electron chi connectivity index (χ4n) is 1.55. The molecule has 1 aromatic heterocycles. The van der Waals surface area contributed by atoms with Crippen molar-refractivity contribution in [2.75, 3.05) is 11.9 Å². The van der Waals surface area contributed by atoms with Gasteiger partial charge >= 0.3 is 6.09 Å². The number of hydrogen-bond donors (Lipinski definition) is 2. The highest BCUT2D eigenvalue weighted by Crippen LogP contribution is 2.16. The Morgan fingerprint density at radius 2 is 2.10 bits per heavy atom. The number of ether oxygens (including phenoxy) is 1. The molecule has 1 unspecified atom stereocenters. The van der Waals surface area contributed by atoms with Crippen LogP contribution in [0.3, 0.4) is 0 Å². The maximum atomic E-state index is 11.5. The van der Waals surface area contributed by atoms with Crippen molar-refractivity contribution in [3.8, 4) is 0 Å². The molecule has 0 bridgehead atoms. The van der Waals surface area contributed by atoms with E-state index in [2.05, 4.69) is 31.5 Å². The van der Waals surface area contributed by atoms with E-state index in [4.69, 9.17) is 4.74 Å². The van der Waals surface area contributed by atoms with Gasteiger partial charge in [-0.2, -0.15) is 0 Å². The Balaban J connectivity index is 2.44. The summed E-state index contributed by atoms with van der Waals surface area (Å²) in [4.78, 5) is 15.9. The van der Waals surface area contributed by atoms with Gasteiger partial charge in [0.05, 0.1) is 11.4 Å². The second-order valence-electron chi connectivity index (χ2n) is 5.70. The number of nitrogens with one attached hydrogen (secondary N) is 2. The van der Waals surface area contributed by atoms with Crippen LogP contribution in [0, 0.1) is 6.92 Å². The van der Waals surface area contributed by atoms with Crippen molar-refractivity contribution in [2.24, 2.45) is 0 Å². The summed E-state index contributed by atoms with van der Waals surface area (Å²) in [6.45, 7) is 9.91. The standard InChI is InChI=1S/C14H22BrN3O2/c1-9(8-16-13(19)20-14(3,4)5)17-11-6-7-12(15)18-10(11)2/h6-7,9,17H,8H2,1-5H3,(H,16,19). The number of carbonyl (C=O) groups is 1. The fraction of sp³-hybridized carbons (Fsp3) is 0.571. The Morgan fingerprint density at radius 1 is 1.45 bits per heavy atom. The fourth-order valence-corrected chi connectivity index (χ4v) is 1.95. The highest BCUT2D eigenvalue weighted by molar-refractivity contribution is 9.10. The molecule has 6 heteroatoms. The highest BCUT2D eigenvalue weighted by atomic mass is 79.9. The van der Waals surface area contributed by atoms with E-state index < -0.39 is 11.7 Å². The summed E-state index contributed by atoms with van der Waals surface area (Å²) in [6, 6.07) is 3.91. The van der Waals surface area contributed by atoms with Gasteiger partial charge in [-0.3, -0.25) is 0 Å². The van der Waals surface area contributed by atoms with Crippen LogP contribution < -0.4 is 10.6 Å². The maximum Gasteiger partial charge on any atom is 0.407 e. The zero-order chi connectivity index (χ0) is 15.3. The molecule has 1 atom stereocenters. The van der Waals surface area contributed by atoms with Crippen molar-refractivity contribution in [2.45, 2.75) is 46.3 Å². The van der Waals surface area contributed by atoms with Crippen molar-refractivity contribution < 1.29 is 9.53 Å². The first-order chi connectivity index (χ1) is 9.17. The number of carbonyl (C=O) groups excluding carboxylic acids is 1. The van der Waals surface area contributed by atoms with Crippen LogP contribution in [0.15, 0.2) is 16.7 Å². The van der Waals surface area contributed by atoms with E-state index in [9.17, 15) is 4.79 Å². The first kappa shape index (κ1) is 16.8.